The van der Waals surface area contributed by atoms with Crippen LogP contribution in [-0.4, -0.2) is 18.2 Å². The molecule has 1 aromatic heterocycles. The summed E-state index contributed by atoms with van der Waals surface area (Å²) in [5.41, 5.74) is 1.84. The zero-order chi connectivity index (χ0) is 17.1. The van der Waals surface area contributed by atoms with E-state index in [-0.39, 0.29) is 5.75 Å². The van der Waals surface area contributed by atoms with E-state index >= 15 is 0 Å². The van der Waals surface area contributed by atoms with E-state index in [0.29, 0.717) is 22.7 Å². The van der Waals surface area contributed by atoms with Gasteiger partial charge >= 0.3 is 0 Å². The highest BCUT2D eigenvalue weighted by atomic mass is 19.1. The number of carbonyl (C=O) groups excluding carboxylic acids is 1. The minimum atomic E-state index is -0.555. The average Bonchev–Trinajstić information content (AvgIpc) is 2.97. The van der Waals surface area contributed by atoms with E-state index in [9.17, 15) is 9.18 Å². The SMILES string of the molecule is COc1ccc(NC(=O)c2c(-c3ccccc3)noc2C)cc1F. The molecule has 0 fully saturated rings. The van der Waals surface area contributed by atoms with Gasteiger partial charge in [0.05, 0.1) is 7.11 Å². The number of aryl methyl sites for hydroxylation is 1. The lowest BCUT2D eigenvalue weighted by Crippen LogP contribution is -2.13. The predicted molar refractivity (Wildman–Crippen MR) is 87.6 cm³/mol. The maximum atomic E-state index is 13.8. The molecule has 0 aliphatic rings. The molecule has 0 atom stereocenters. The second-order valence-corrected chi connectivity index (χ2v) is 5.13. The Bertz CT molecular complexity index is 875. The van der Waals surface area contributed by atoms with Gasteiger partial charge in [0.25, 0.3) is 5.91 Å². The van der Waals surface area contributed by atoms with Crippen molar-refractivity contribution in [2.45, 2.75) is 6.92 Å². The van der Waals surface area contributed by atoms with Gasteiger partial charge in [-0.25, -0.2) is 4.39 Å². The third-order valence-electron chi connectivity index (χ3n) is 3.55. The molecule has 0 aliphatic carbocycles. The molecule has 24 heavy (non-hydrogen) atoms. The molecule has 3 rings (SSSR count). The Morgan fingerprint density at radius 1 is 1.21 bits per heavy atom. The van der Waals surface area contributed by atoms with Crippen molar-refractivity contribution in [3.8, 4) is 17.0 Å². The highest BCUT2D eigenvalue weighted by Crippen LogP contribution is 2.27. The Morgan fingerprint density at radius 3 is 2.62 bits per heavy atom. The van der Waals surface area contributed by atoms with Crippen LogP contribution in [0.2, 0.25) is 0 Å². The zero-order valence-corrected chi connectivity index (χ0v) is 13.2. The lowest BCUT2D eigenvalue weighted by molar-refractivity contribution is 0.102. The van der Waals surface area contributed by atoms with Gasteiger partial charge in [-0.2, -0.15) is 0 Å². The fourth-order valence-corrected chi connectivity index (χ4v) is 2.37. The van der Waals surface area contributed by atoms with E-state index in [2.05, 4.69) is 10.5 Å². The number of benzene rings is 2. The lowest BCUT2D eigenvalue weighted by Gasteiger charge is -2.08. The summed E-state index contributed by atoms with van der Waals surface area (Å²) in [6, 6.07) is 13.4. The Hall–Kier alpha value is -3.15. The summed E-state index contributed by atoms with van der Waals surface area (Å²) in [6.45, 7) is 1.66. The number of hydrogen-bond acceptors (Lipinski definition) is 4. The first-order chi connectivity index (χ1) is 11.6. The minimum absolute atomic E-state index is 0.110. The topological polar surface area (TPSA) is 64.4 Å². The third kappa shape index (κ3) is 2.99. The van der Waals surface area contributed by atoms with Crippen molar-refractivity contribution in [2.24, 2.45) is 0 Å². The summed E-state index contributed by atoms with van der Waals surface area (Å²) < 4.78 is 23.8. The van der Waals surface area contributed by atoms with Crippen molar-refractivity contribution in [2.75, 3.05) is 12.4 Å². The number of carbonyl (C=O) groups is 1. The maximum absolute atomic E-state index is 13.8. The van der Waals surface area contributed by atoms with Crippen LogP contribution in [-0.2, 0) is 0 Å². The number of methoxy groups -OCH3 is 1. The minimum Gasteiger partial charge on any atom is -0.494 e. The number of rotatable bonds is 4. The molecule has 1 N–H and O–H groups in total. The Labute approximate surface area is 138 Å². The van der Waals surface area contributed by atoms with Gasteiger partial charge in [-0.3, -0.25) is 4.79 Å². The van der Waals surface area contributed by atoms with Gasteiger partial charge in [0.15, 0.2) is 11.6 Å². The molecular formula is C18H15FN2O3. The zero-order valence-electron chi connectivity index (χ0n) is 13.2. The average molecular weight is 326 g/mol. The van der Waals surface area contributed by atoms with Crippen LogP contribution >= 0.6 is 0 Å². The van der Waals surface area contributed by atoms with Crippen LogP contribution in [0.3, 0.4) is 0 Å². The van der Waals surface area contributed by atoms with Crippen LogP contribution < -0.4 is 10.1 Å². The van der Waals surface area contributed by atoms with E-state index in [4.69, 9.17) is 9.26 Å². The summed E-state index contributed by atoms with van der Waals surface area (Å²) in [6.07, 6.45) is 0. The Balaban J connectivity index is 1.91. The van der Waals surface area contributed by atoms with Crippen LogP contribution in [0.15, 0.2) is 53.1 Å². The van der Waals surface area contributed by atoms with Gasteiger partial charge < -0.3 is 14.6 Å². The highest BCUT2D eigenvalue weighted by molar-refractivity contribution is 6.08. The van der Waals surface area contributed by atoms with E-state index < -0.39 is 11.7 Å². The standard InChI is InChI=1S/C18H15FN2O3/c1-11-16(17(21-24-11)12-6-4-3-5-7-12)18(22)20-13-8-9-15(23-2)14(19)10-13/h3-10H,1-2H3,(H,20,22). The molecule has 0 bridgehead atoms. The van der Waals surface area contributed by atoms with Gasteiger partial charge in [-0.15, -0.1) is 0 Å². The molecule has 0 saturated carbocycles. The molecular weight excluding hydrogens is 311 g/mol. The van der Waals surface area contributed by atoms with Crippen molar-refractivity contribution >= 4 is 11.6 Å². The first-order valence-electron chi connectivity index (χ1n) is 7.26. The number of ether oxygens (including phenoxy) is 1. The van der Waals surface area contributed by atoms with Gasteiger partial charge in [0.1, 0.15) is 17.0 Å². The molecule has 3 aromatic rings. The number of nitrogens with one attached hydrogen (secondary N) is 1. The highest BCUT2D eigenvalue weighted by Gasteiger charge is 2.21. The summed E-state index contributed by atoms with van der Waals surface area (Å²) >= 11 is 0. The molecule has 6 heteroatoms. The number of aromatic nitrogens is 1. The van der Waals surface area contributed by atoms with Gasteiger partial charge in [-0.05, 0) is 19.1 Å². The molecule has 122 valence electrons. The second-order valence-electron chi connectivity index (χ2n) is 5.13. The van der Waals surface area contributed by atoms with Gasteiger partial charge in [0, 0.05) is 17.3 Å². The number of halogens is 1. The van der Waals surface area contributed by atoms with E-state index in [1.807, 2.05) is 30.3 Å². The van der Waals surface area contributed by atoms with E-state index in [1.165, 1.54) is 19.2 Å². The summed E-state index contributed by atoms with van der Waals surface area (Å²) in [5, 5.41) is 6.62. The first-order valence-corrected chi connectivity index (χ1v) is 7.26. The van der Waals surface area contributed by atoms with Crippen LogP contribution in [0.5, 0.6) is 5.75 Å². The maximum Gasteiger partial charge on any atom is 0.261 e. The molecule has 0 radical (unpaired) electrons. The van der Waals surface area contributed by atoms with Gasteiger partial charge in [0.2, 0.25) is 0 Å². The van der Waals surface area contributed by atoms with Crippen LogP contribution in [0, 0.1) is 12.7 Å². The second kappa shape index (κ2) is 6.54. The first kappa shape index (κ1) is 15.7. The smallest absolute Gasteiger partial charge is 0.261 e. The van der Waals surface area contributed by atoms with Crippen molar-refractivity contribution < 1.29 is 18.4 Å². The molecule has 0 spiro atoms. The molecule has 5 nitrogen and oxygen atoms in total. The molecule has 1 amide bonds. The lowest BCUT2D eigenvalue weighted by atomic mass is 10.1. The molecule has 0 saturated heterocycles. The largest absolute Gasteiger partial charge is 0.494 e. The quantitative estimate of drug-likeness (QED) is 0.785. The fraction of sp³-hybridized carbons (Fsp3) is 0.111. The third-order valence-corrected chi connectivity index (χ3v) is 3.55. The summed E-state index contributed by atoms with van der Waals surface area (Å²) in [5.74, 6) is -0.475. The molecule has 0 aliphatic heterocycles. The number of amides is 1. The molecule has 2 aromatic carbocycles. The monoisotopic (exact) mass is 326 g/mol. The number of anilines is 1. The number of hydrogen-bond donors (Lipinski definition) is 1. The van der Waals surface area contributed by atoms with Crippen molar-refractivity contribution in [3.05, 3.63) is 65.7 Å². The van der Waals surface area contributed by atoms with Crippen LogP contribution in [0.25, 0.3) is 11.3 Å². The molecule has 0 unspecified atom stereocenters. The summed E-state index contributed by atoms with van der Waals surface area (Å²) in [4.78, 5) is 12.6. The van der Waals surface area contributed by atoms with E-state index in [1.54, 1.807) is 13.0 Å². The van der Waals surface area contributed by atoms with E-state index in [0.717, 1.165) is 5.56 Å². The fourth-order valence-electron chi connectivity index (χ4n) is 2.37. The van der Waals surface area contributed by atoms with Crippen LogP contribution in [0.4, 0.5) is 10.1 Å². The van der Waals surface area contributed by atoms with Crippen molar-refractivity contribution in [1.29, 1.82) is 0 Å². The Kier molecular flexibility index (Phi) is 4.29. The van der Waals surface area contributed by atoms with Crippen LogP contribution in [0.1, 0.15) is 16.1 Å². The van der Waals surface area contributed by atoms with Crippen molar-refractivity contribution in [1.82, 2.24) is 5.16 Å². The van der Waals surface area contributed by atoms with Gasteiger partial charge in [-0.1, -0.05) is 35.5 Å². The van der Waals surface area contributed by atoms with Crippen molar-refractivity contribution in [3.63, 3.8) is 0 Å². The molecule has 1 heterocycles. The predicted octanol–water partition coefficient (Wildman–Crippen LogP) is 4.05. The Morgan fingerprint density at radius 2 is 1.96 bits per heavy atom. The summed E-state index contributed by atoms with van der Waals surface area (Å²) in [7, 11) is 1.38. The number of nitrogens with zero attached hydrogens (tertiary/aromatic N) is 1. The normalized spacial score (nSPS) is 10.5.